The third-order valence-corrected chi connectivity index (χ3v) is 2.31. The Kier molecular flexibility index (Phi) is 13.0. The van der Waals surface area contributed by atoms with E-state index >= 15 is 0 Å². The number of hydrogen-bond acceptors (Lipinski definition) is 3. The summed E-state index contributed by atoms with van der Waals surface area (Å²) < 4.78 is 5.30. The van der Waals surface area contributed by atoms with Crippen LogP contribution in [0.5, 0.6) is 5.75 Å². The third-order valence-electron chi connectivity index (χ3n) is 2.31. The Morgan fingerprint density at radius 2 is 1.84 bits per heavy atom. The van der Waals surface area contributed by atoms with E-state index in [1.54, 1.807) is 0 Å². The van der Waals surface area contributed by atoms with Gasteiger partial charge >= 0.3 is 0 Å². The Labute approximate surface area is 128 Å². The van der Waals surface area contributed by atoms with Crippen LogP contribution >= 0.6 is 24.8 Å². The molecule has 0 spiro atoms. The van der Waals surface area contributed by atoms with Crippen molar-refractivity contribution in [1.82, 2.24) is 10.2 Å². The van der Waals surface area contributed by atoms with Gasteiger partial charge in [-0.2, -0.15) is 0 Å². The summed E-state index contributed by atoms with van der Waals surface area (Å²) in [6, 6.07) is 7.99. The fraction of sp³-hybridized carbons (Fsp3) is 0.429. The first-order valence-corrected chi connectivity index (χ1v) is 5.73. The van der Waals surface area contributed by atoms with Crippen molar-refractivity contribution in [3.8, 4) is 18.1 Å². The molecule has 1 rings (SSSR count). The standard InChI is InChI=1S/C14H20N2O.2ClH/c1-4-11-17-14-7-5-13(6-8-14)12-15-9-10-16(2)3;;/h1,5-8,15H,9-12H2,2-3H3;2*1H. The van der Waals surface area contributed by atoms with Crippen molar-refractivity contribution >= 4 is 24.8 Å². The molecule has 0 radical (unpaired) electrons. The third kappa shape index (κ3) is 9.63. The fourth-order valence-corrected chi connectivity index (χ4v) is 1.36. The average molecular weight is 305 g/mol. The number of halogens is 2. The maximum absolute atomic E-state index is 5.30. The normalized spacial score (nSPS) is 9.16. The second kappa shape index (κ2) is 12.1. The van der Waals surface area contributed by atoms with Crippen molar-refractivity contribution in [3.05, 3.63) is 29.8 Å². The Morgan fingerprint density at radius 1 is 1.21 bits per heavy atom. The van der Waals surface area contributed by atoms with Gasteiger partial charge in [-0.3, -0.25) is 0 Å². The Hall–Kier alpha value is -0.920. The van der Waals surface area contributed by atoms with Crippen molar-refractivity contribution in [2.24, 2.45) is 0 Å². The van der Waals surface area contributed by atoms with Crippen LogP contribution in [0.2, 0.25) is 0 Å². The van der Waals surface area contributed by atoms with E-state index < -0.39 is 0 Å². The molecular weight excluding hydrogens is 283 g/mol. The highest BCUT2D eigenvalue weighted by atomic mass is 35.5. The summed E-state index contributed by atoms with van der Waals surface area (Å²) in [6.45, 7) is 3.23. The minimum Gasteiger partial charge on any atom is -0.481 e. The fourth-order valence-electron chi connectivity index (χ4n) is 1.36. The summed E-state index contributed by atoms with van der Waals surface area (Å²) in [5, 5.41) is 3.38. The second-order valence-electron chi connectivity index (χ2n) is 4.12. The van der Waals surface area contributed by atoms with Crippen LogP contribution in [0.1, 0.15) is 5.56 Å². The highest BCUT2D eigenvalue weighted by Crippen LogP contribution is 2.11. The molecule has 0 saturated carbocycles. The lowest BCUT2D eigenvalue weighted by Gasteiger charge is -2.10. The van der Waals surface area contributed by atoms with E-state index in [1.807, 2.05) is 12.1 Å². The van der Waals surface area contributed by atoms with Gasteiger partial charge in [-0.25, -0.2) is 0 Å². The van der Waals surface area contributed by atoms with Crippen molar-refractivity contribution in [2.45, 2.75) is 6.54 Å². The van der Waals surface area contributed by atoms with Crippen LogP contribution in [0.4, 0.5) is 0 Å². The Bertz CT molecular complexity index is 361. The molecule has 19 heavy (non-hydrogen) atoms. The monoisotopic (exact) mass is 304 g/mol. The van der Waals surface area contributed by atoms with Gasteiger partial charge in [0.05, 0.1) is 0 Å². The van der Waals surface area contributed by atoms with Crippen molar-refractivity contribution < 1.29 is 4.74 Å². The molecule has 5 heteroatoms. The first-order chi connectivity index (χ1) is 8.22. The number of hydrogen-bond donors (Lipinski definition) is 1. The molecule has 1 N–H and O–H groups in total. The molecule has 1 aromatic rings. The van der Waals surface area contributed by atoms with Crippen LogP contribution in [0.15, 0.2) is 24.3 Å². The zero-order valence-electron chi connectivity index (χ0n) is 11.4. The lowest BCUT2D eigenvalue weighted by Crippen LogP contribution is -2.26. The highest BCUT2D eigenvalue weighted by Gasteiger charge is 1.95. The maximum Gasteiger partial charge on any atom is 0.148 e. The predicted molar refractivity (Wildman–Crippen MR) is 85.5 cm³/mol. The molecule has 108 valence electrons. The number of nitrogens with zero attached hydrogens (tertiary/aromatic N) is 1. The van der Waals surface area contributed by atoms with E-state index in [-0.39, 0.29) is 24.8 Å². The van der Waals surface area contributed by atoms with Gasteiger partial charge in [0, 0.05) is 19.6 Å². The zero-order valence-corrected chi connectivity index (χ0v) is 13.0. The molecule has 3 nitrogen and oxygen atoms in total. The molecule has 0 saturated heterocycles. The lowest BCUT2D eigenvalue weighted by molar-refractivity contribution is 0.370. The number of ether oxygens (including phenoxy) is 1. The zero-order chi connectivity index (χ0) is 12.5. The van der Waals surface area contributed by atoms with E-state index in [9.17, 15) is 0 Å². The second-order valence-corrected chi connectivity index (χ2v) is 4.12. The SMILES string of the molecule is C#CCOc1ccc(CNCCN(C)C)cc1.Cl.Cl. The summed E-state index contributed by atoms with van der Waals surface area (Å²) in [6.07, 6.45) is 5.12. The number of rotatable bonds is 7. The Balaban J connectivity index is 0. The number of likely N-dealkylation sites (N-methyl/N-ethyl adjacent to an activating group) is 1. The van der Waals surface area contributed by atoms with Crippen molar-refractivity contribution in [2.75, 3.05) is 33.8 Å². The minimum atomic E-state index is 0. The van der Waals surface area contributed by atoms with E-state index in [0.717, 1.165) is 25.4 Å². The summed E-state index contributed by atoms with van der Waals surface area (Å²) >= 11 is 0. The molecule has 0 aliphatic rings. The van der Waals surface area contributed by atoms with Gasteiger partial charge < -0.3 is 15.0 Å². The summed E-state index contributed by atoms with van der Waals surface area (Å²) in [4.78, 5) is 2.16. The van der Waals surface area contributed by atoms with Gasteiger partial charge in [-0.1, -0.05) is 18.1 Å². The van der Waals surface area contributed by atoms with Crippen LogP contribution in [-0.2, 0) is 6.54 Å². The van der Waals surface area contributed by atoms with Crippen molar-refractivity contribution in [3.63, 3.8) is 0 Å². The van der Waals surface area contributed by atoms with Crippen LogP contribution in [0.3, 0.4) is 0 Å². The van der Waals surface area contributed by atoms with Gasteiger partial charge in [0.1, 0.15) is 12.4 Å². The lowest BCUT2D eigenvalue weighted by atomic mass is 10.2. The summed E-state index contributed by atoms with van der Waals surface area (Å²) in [5.41, 5.74) is 1.25. The molecular formula is C14H22Cl2N2O. The average Bonchev–Trinajstić information content (AvgIpc) is 2.33. The van der Waals surface area contributed by atoms with Crippen LogP contribution in [-0.4, -0.2) is 38.7 Å². The number of terminal acetylenes is 1. The molecule has 0 bridgehead atoms. The molecule has 0 aliphatic heterocycles. The van der Waals surface area contributed by atoms with E-state index in [2.05, 4.69) is 42.4 Å². The summed E-state index contributed by atoms with van der Waals surface area (Å²) in [7, 11) is 4.14. The summed E-state index contributed by atoms with van der Waals surface area (Å²) in [5.74, 6) is 3.26. The largest absolute Gasteiger partial charge is 0.481 e. The molecule has 0 atom stereocenters. The topological polar surface area (TPSA) is 24.5 Å². The predicted octanol–water partition coefficient (Wildman–Crippen LogP) is 2.19. The highest BCUT2D eigenvalue weighted by molar-refractivity contribution is 5.85. The van der Waals surface area contributed by atoms with Gasteiger partial charge in [-0.05, 0) is 31.8 Å². The van der Waals surface area contributed by atoms with Crippen LogP contribution in [0.25, 0.3) is 0 Å². The first kappa shape index (κ1) is 20.4. The van der Waals surface area contributed by atoms with Crippen molar-refractivity contribution in [1.29, 1.82) is 0 Å². The van der Waals surface area contributed by atoms with Crippen LogP contribution < -0.4 is 10.1 Å². The molecule has 0 amide bonds. The molecule has 0 aromatic heterocycles. The van der Waals surface area contributed by atoms with Gasteiger partial charge in [0.2, 0.25) is 0 Å². The van der Waals surface area contributed by atoms with E-state index in [0.29, 0.717) is 6.61 Å². The maximum atomic E-state index is 5.30. The quantitative estimate of drug-likeness (QED) is 0.617. The number of benzene rings is 1. The van der Waals surface area contributed by atoms with E-state index in [1.165, 1.54) is 5.56 Å². The van der Waals surface area contributed by atoms with Crippen LogP contribution in [0, 0.1) is 12.3 Å². The molecule has 0 aliphatic carbocycles. The number of nitrogens with one attached hydrogen (secondary N) is 1. The molecule has 0 fully saturated rings. The van der Waals surface area contributed by atoms with Gasteiger partial charge in [0.15, 0.2) is 0 Å². The molecule has 0 heterocycles. The first-order valence-electron chi connectivity index (χ1n) is 5.73. The minimum absolute atomic E-state index is 0. The molecule has 0 unspecified atom stereocenters. The van der Waals surface area contributed by atoms with E-state index in [4.69, 9.17) is 11.2 Å². The van der Waals surface area contributed by atoms with Gasteiger partial charge in [0.25, 0.3) is 0 Å². The Morgan fingerprint density at radius 3 is 2.37 bits per heavy atom. The smallest absolute Gasteiger partial charge is 0.148 e. The molecule has 1 aromatic carbocycles. The van der Waals surface area contributed by atoms with Gasteiger partial charge in [-0.15, -0.1) is 31.2 Å².